The first-order valence-electron chi connectivity index (χ1n) is 14.1. The Morgan fingerprint density at radius 1 is 0.744 bits per heavy atom. The smallest absolute Gasteiger partial charge is 0.657 e. The minimum absolute atomic E-state index is 0. The Bertz CT molecular complexity index is 1890. The molecule has 2 aliphatic heterocycles. The Balaban J connectivity index is 0.00000423. The summed E-state index contributed by atoms with van der Waals surface area (Å²) in [5.74, 6) is -1.78. The van der Waals surface area contributed by atoms with Gasteiger partial charge in [-0.3, -0.25) is 9.59 Å². The SMILES string of the molecule is C=Cc1c(C)c2cc3nc(cc4[n-]c(cc5nc(cc1[n-]2)C(C)=C5CCC(=O)O)c(CCC(=O)O)c4C)C(C)=C3CC.[Mn+2]. The Kier molecular flexibility index (Phi) is 9.28. The van der Waals surface area contributed by atoms with E-state index in [2.05, 4.69) is 20.4 Å². The third-order valence-corrected chi connectivity index (χ3v) is 8.30. The molecule has 1 radical (unpaired) electrons. The first-order valence-corrected chi connectivity index (χ1v) is 14.1. The quantitative estimate of drug-likeness (QED) is 0.259. The van der Waals surface area contributed by atoms with E-state index < -0.39 is 11.9 Å². The van der Waals surface area contributed by atoms with Gasteiger partial charge < -0.3 is 20.2 Å². The molecule has 5 heterocycles. The summed E-state index contributed by atoms with van der Waals surface area (Å²) >= 11 is 0. The fraction of sp³-hybridized carbons (Fsp3) is 0.294. The second-order valence-corrected chi connectivity index (χ2v) is 10.8. The number of aryl methyl sites for hydroxylation is 3. The summed E-state index contributed by atoms with van der Waals surface area (Å²) in [6.07, 6.45) is 3.14. The molecule has 0 atom stereocenters. The molecule has 8 nitrogen and oxygen atoms in total. The van der Waals surface area contributed by atoms with Crippen LogP contribution < -0.4 is 9.97 Å². The topological polar surface area (TPSA) is 129 Å². The first-order chi connectivity index (χ1) is 20.0. The first kappa shape index (κ1) is 31.7. The molecule has 43 heavy (non-hydrogen) atoms. The van der Waals surface area contributed by atoms with Crippen LogP contribution in [0.15, 0.2) is 30.8 Å². The number of nitrogens with zero attached hydrogens (tertiary/aromatic N) is 4. The zero-order valence-corrected chi connectivity index (χ0v) is 26.2. The van der Waals surface area contributed by atoms with E-state index in [4.69, 9.17) is 19.9 Å². The van der Waals surface area contributed by atoms with Gasteiger partial charge in [-0.05, 0) is 74.8 Å². The normalized spacial score (nSPS) is 12.9. The Morgan fingerprint density at radius 2 is 1.23 bits per heavy atom. The summed E-state index contributed by atoms with van der Waals surface area (Å²) in [7, 11) is 0. The second kappa shape index (κ2) is 12.6. The van der Waals surface area contributed by atoms with Gasteiger partial charge in [-0.1, -0.05) is 60.5 Å². The third kappa shape index (κ3) is 6.01. The summed E-state index contributed by atoms with van der Waals surface area (Å²) in [6.45, 7) is 14.1. The predicted molar refractivity (Wildman–Crippen MR) is 167 cm³/mol. The molecule has 0 saturated carbocycles. The zero-order chi connectivity index (χ0) is 30.3. The van der Waals surface area contributed by atoms with Crippen molar-refractivity contribution in [1.29, 1.82) is 0 Å². The van der Waals surface area contributed by atoms with Crippen LogP contribution in [0.4, 0.5) is 0 Å². The number of fused-ring (bicyclic) bond motifs is 8. The van der Waals surface area contributed by atoms with Crippen LogP contribution in [0.3, 0.4) is 0 Å². The number of hydrogen-bond donors (Lipinski definition) is 2. The van der Waals surface area contributed by atoms with Crippen LogP contribution in [0.5, 0.6) is 0 Å². The molecule has 5 rings (SSSR count). The second-order valence-electron chi connectivity index (χ2n) is 10.8. The standard InChI is InChI=1S/C34H36N4O4.Mn/c1-7-21-17(3)25-13-26-19(5)23(9-11-33(39)40)31(37-26)16-32-24(10-12-34(41)42)20(6)28(38-32)15-30-22(8-2)18(4)27(36-30)14-29(21)35-25;/h8,13-16H,2,7,9-12H2,1,3-6H3,(H4,35,36,37,38,39,40,41,42);/q;+2/p-2. The van der Waals surface area contributed by atoms with Crippen LogP contribution in [-0.4, -0.2) is 32.1 Å². The number of carboxylic acids is 2. The molecule has 3 aromatic heterocycles. The van der Waals surface area contributed by atoms with Crippen molar-refractivity contribution in [1.82, 2.24) is 19.9 Å². The van der Waals surface area contributed by atoms with Gasteiger partial charge in [-0.2, -0.15) is 0 Å². The number of rotatable bonds is 8. The fourth-order valence-corrected chi connectivity index (χ4v) is 5.83. The van der Waals surface area contributed by atoms with Gasteiger partial charge in [-0.15, -0.1) is 22.1 Å². The minimum atomic E-state index is -0.891. The molecule has 9 heteroatoms. The molecule has 0 unspecified atom stereocenters. The zero-order valence-electron chi connectivity index (χ0n) is 25.0. The van der Waals surface area contributed by atoms with Crippen molar-refractivity contribution in [3.05, 3.63) is 75.9 Å². The van der Waals surface area contributed by atoms with E-state index in [0.717, 1.165) is 78.9 Å². The van der Waals surface area contributed by atoms with E-state index in [0.29, 0.717) is 29.7 Å². The van der Waals surface area contributed by atoms with Crippen LogP contribution >= 0.6 is 0 Å². The van der Waals surface area contributed by atoms with Gasteiger partial charge in [0.2, 0.25) is 0 Å². The molecule has 0 aliphatic carbocycles. The largest absolute Gasteiger partial charge is 2.00 e. The third-order valence-electron chi connectivity index (χ3n) is 8.30. The molecule has 8 bridgehead atoms. The molecule has 0 fully saturated rings. The van der Waals surface area contributed by atoms with Crippen molar-refractivity contribution in [2.24, 2.45) is 0 Å². The average molecular weight is 618 g/mol. The number of allylic oxidation sites excluding steroid dienone is 4. The van der Waals surface area contributed by atoms with Gasteiger partial charge >= 0.3 is 29.0 Å². The van der Waals surface area contributed by atoms with Gasteiger partial charge in [-0.25, -0.2) is 9.97 Å². The summed E-state index contributed by atoms with van der Waals surface area (Å²) in [5, 5.41) is 18.9. The molecule has 0 saturated heterocycles. The van der Waals surface area contributed by atoms with Crippen LogP contribution in [0.1, 0.15) is 91.5 Å². The van der Waals surface area contributed by atoms with E-state index in [1.54, 1.807) is 6.08 Å². The summed E-state index contributed by atoms with van der Waals surface area (Å²) in [4.78, 5) is 42.9. The molecule has 2 N–H and O–H groups in total. The van der Waals surface area contributed by atoms with Crippen molar-refractivity contribution in [3.8, 4) is 0 Å². The van der Waals surface area contributed by atoms with Crippen LogP contribution in [0.25, 0.3) is 50.4 Å². The maximum Gasteiger partial charge on any atom is 2.00 e. The van der Waals surface area contributed by atoms with Gasteiger partial charge in [0.25, 0.3) is 0 Å². The van der Waals surface area contributed by atoms with E-state index in [1.165, 1.54) is 0 Å². The van der Waals surface area contributed by atoms with Gasteiger partial charge in [0, 0.05) is 12.8 Å². The summed E-state index contributed by atoms with van der Waals surface area (Å²) in [5.41, 5.74) is 13.4. The maximum atomic E-state index is 11.5. The van der Waals surface area contributed by atoms with Crippen molar-refractivity contribution in [2.75, 3.05) is 0 Å². The number of carboxylic acid groups (broad SMARTS) is 2. The van der Waals surface area contributed by atoms with E-state index in [1.807, 2.05) is 45.0 Å². The molecule has 0 aromatic carbocycles. The van der Waals surface area contributed by atoms with Crippen molar-refractivity contribution >= 4 is 62.4 Å². The number of carbonyl (C=O) groups is 2. The van der Waals surface area contributed by atoms with Crippen LogP contribution in [-0.2, 0) is 33.1 Å². The Morgan fingerprint density at radius 3 is 1.84 bits per heavy atom. The van der Waals surface area contributed by atoms with Gasteiger partial charge in [0.15, 0.2) is 0 Å². The number of aliphatic carboxylic acids is 2. The van der Waals surface area contributed by atoms with Gasteiger partial charge in [0.05, 0.1) is 22.8 Å². The van der Waals surface area contributed by atoms with E-state index in [-0.39, 0.29) is 29.9 Å². The van der Waals surface area contributed by atoms with E-state index in [9.17, 15) is 19.8 Å². The van der Waals surface area contributed by atoms with Crippen LogP contribution in [0.2, 0.25) is 0 Å². The minimum Gasteiger partial charge on any atom is -0.657 e. The molecule has 0 spiro atoms. The summed E-state index contributed by atoms with van der Waals surface area (Å²) in [6, 6.07) is 7.77. The van der Waals surface area contributed by atoms with E-state index >= 15 is 0 Å². The van der Waals surface area contributed by atoms with Crippen molar-refractivity contribution < 1.29 is 36.9 Å². The fourth-order valence-electron chi connectivity index (χ4n) is 5.83. The molecular weight excluding hydrogens is 583 g/mol. The molecule has 2 aliphatic rings. The number of hydrogen-bond acceptors (Lipinski definition) is 4. The predicted octanol–water partition coefficient (Wildman–Crippen LogP) is 6.98. The molecule has 3 aromatic rings. The monoisotopic (exact) mass is 617 g/mol. The van der Waals surface area contributed by atoms with Crippen molar-refractivity contribution in [3.63, 3.8) is 0 Å². The Labute approximate surface area is 261 Å². The number of aromatic nitrogens is 4. The molecular formula is C34H34MnN4O4. The molecule has 0 amide bonds. The van der Waals surface area contributed by atoms with Crippen LogP contribution in [0, 0.1) is 13.8 Å². The Hall–Kier alpha value is -4.20. The summed E-state index contributed by atoms with van der Waals surface area (Å²) < 4.78 is 0. The maximum absolute atomic E-state index is 11.5. The average Bonchev–Trinajstić information content (AvgIpc) is 3.59. The van der Waals surface area contributed by atoms with Crippen molar-refractivity contribution in [2.45, 2.75) is 66.7 Å². The molecule has 221 valence electrons. The van der Waals surface area contributed by atoms with Gasteiger partial charge in [0.1, 0.15) is 0 Å².